The molecule has 0 aliphatic rings. The number of carboxylic acids is 4. The SMILES string of the molecule is NNc1ccc(C(=O)NC(CC(=O)O)C(=O)NCc2ccc(C(=O)NC(Cc3ccc4ccccc4c3)C(=O)NCCCCC(NC(=O)NC(CCC(=O)O)C(=O)O)C(=O)O)cc2)cn1. The second kappa shape index (κ2) is 24.5. The van der Waals surface area contributed by atoms with Crippen LogP contribution >= 0.6 is 0 Å². The molecule has 22 nitrogen and oxygen atoms in total. The monoisotopic (exact) mass is 899 g/mol. The van der Waals surface area contributed by atoms with Crippen LogP contribution in [0.5, 0.6) is 0 Å². The van der Waals surface area contributed by atoms with E-state index in [1.165, 1.54) is 30.5 Å². The van der Waals surface area contributed by atoms with Crippen molar-refractivity contribution in [1.82, 2.24) is 36.9 Å². The van der Waals surface area contributed by atoms with Crippen molar-refractivity contribution in [2.24, 2.45) is 5.84 Å². The number of fused-ring (bicyclic) bond motifs is 1. The number of hydrazine groups is 1. The quantitative estimate of drug-likeness (QED) is 0.0252. The topological polar surface area (TPSA) is 358 Å². The maximum absolute atomic E-state index is 13.6. The summed E-state index contributed by atoms with van der Waals surface area (Å²) >= 11 is 0. The first-order chi connectivity index (χ1) is 31.0. The van der Waals surface area contributed by atoms with E-state index in [1.807, 2.05) is 42.5 Å². The fourth-order valence-corrected chi connectivity index (χ4v) is 6.33. The van der Waals surface area contributed by atoms with E-state index in [1.54, 1.807) is 12.1 Å². The van der Waals surface area contributed by atoms with E-state index in [4.69, 9.17) is 10.9 Å². The minimum absolute atomic E-state index is 0.0615. The Hall–Kier alpha value is -8.14. The zero-order valence-electron chi connectivity index (χ0n) is 34.7. The fraction of sp³-hybridized carbons (Fsp3) is 0.302. The molecular weight excluding hydrogens is 851 g/mol. The Morgan fingerprint density at radius 2 is 1.18 bits per heavy atom. The van der Waals surface area contributed by atoms with E-state index < -0.39 is 97.0 Å². The van der Waals surface area contributed by atoms with Crippen molar-refractivity contribution in [2.75, 3.05) is 12.0 Å². The number of carbonyl (C=O) groups excluding carboxylic acids is 5. The Bertz CT molecular complexity index is 2360. The lowest BCUT2D eigenvalue weighted by molar-refractivity contribution is -0.141. The molecule has 344 valence electrons. The van der Waals surface area contributed by atoms with Crippen LogP contribution in [-0.4, -0.2) is 110 Å². The smallest absolute Gasteiger partial charge is 0.326 e. The van der Waals surface area contributed by atoms with E-state index >= 15 is 0 Å². The van der Waals surface area contributed by atoms with Gasteiger partial charge in [0.25, 0.3) is 11.8 Å². The molecule has 0 saturated carbocycles. The van der Waals surface area contributed by atoms with Gasteiger partial charge in [-0.25, -0.2) is 25.2 Å². The van der Waals surface area contributed by atoms with Gasteiger partial charge in [-0.05, 0) is 71.8 Å². The number of nitrogens with zero attached hydrogens (tertiary/aromatic N) is 1. The molecule has 0 aliphatic carbocycles. The minimum atomic E-state index is -1.56. The van der Waals surface area contributed by atoms with Gasteiger partial charge in [-0.15, -0.1) is 0 Å². The van der Waals surface area contributed by atoms with Gasteiger partial charge < -0.3 is 57.8 Å². The van der Waals surface area contributed by atoms with Gasteiger partial charge in [-0.3, -0.25) is 28.8 Å². The third-order valence-corrected chi connectivity index (χ3v) is 9.81. The highest BCUT2D eigenvalue weighted by molar-refractivity contribution is 5.99. The number of rotatable bonds is 25. The van der Waals surface area contributed by atoms with Gasteiger partial charge >= 0.3 is 29.9 Å². The number of hydrogen-bond donors (Lipinski definition) is 12. The van der Waals surface area contributed by atoms with Crippen molar-refractivity contribution in [2.45, 2.75) is 75.7 Å². The number of nitrogen functional groups attached to an aromatic ring is 1. The predicted molar refractivity (Wildman–Crippen MR) is 231 cm³/mol. The number of nitrogens with two attached hydrogens (primary N) is 1. The number of pyridine rings is 1. The molecule has 4 aromatic rings. The first kappa shape index (κ1) is 49.5. The normalized spacial score (nSPS) is 12.6. The van der Waals surface area contributed by atoms with Gasteiger partial charge in [-0.2, -0.15) is 0 Å². The summed E-state index contributed by atoms with van der Waals surface area (Å²) in [5.74, 6) is -2.58. The molecule has 0 saturated heterocycles. The van der Waals surface area contributed by atoms with E-state index in [-0.39, 0.29) is 55.7 Å². The lowest BCUT2D eigenvalue weighted by atomic mass is 10.0. The average molecular weight is 900 g/mol. The summed E-state index contributed by atoms with van der Waals surface area (Å²) in [6.45, 7) is -0.0274. The van der Waals surface area contributed by atoms with E-state index in [2.05, 4.69) is 42.3 Å². The van der Waals surface area contributed by atoms with Crippen LogP contribution in [0, 0.1) is 0 Å². The van der Waals surface area contributed by atoms with E-state index in [0.717, 1.165) is 16.3 Å². The summed E-state index contributed by atoms with van der Waals surface area (Å²) < 4.78 is 0. The summed E-state index contributed by atoms with van der Waals surface area (Å²) in [6, 6.07) is 15.4. The lowest BCUT2D eigenvalue weighted by Crippen LogP contribution is -2.51. The molecule has 4 atom stereocenters. The number of anilines is 1. The highest BCUT2D eigenvalue weighted by atomic mass is 16.4. The molecule has 0 spiro atoms. The molecule has 0 aliphatic heterocycles. The third kappa shape index (κ3) is 16.2. The molecule has 22 heteroatoms. The van der Waals surface area contributed by atoms with Crippen LogP contribution < -0.4 is 43.2 Å². The highest BCUT2D eigenvalue weighted by Gasteiger charge is 2.27. The Morgan fingerprint density at radius 3 is 1.80 bits per heavy atom. The summed E-state index contributed by atoms with van der Waals surface area (Å²) in [7, 11) is 0. The molecule has 1 heterocycles. The average Bonchev–Trinajstić information content (AvgIpc) is 3.28. The molecule has 0 radical (unpaired) electrons. The number of carboxylic acid groups (broad SMARTS) is 4. The molecule has 0 fully saturated rings. The maximum Gasteiger partial charge on any atom is 0.326 e. The van der Waals surface area contributed by atoms with Crippen LogP contribution in [0.4, 0.5) is 10.6 Å². The molecule has 13 N–H and O–H groups in total. The van der Waals surface area contributed by atoms with Gasteiger partial charge in [0.15, 0.2) is 0 Å². The van der Waals surface area contributed by atoms with Crippen LogP contribution in [0.2, 0.25) is 0 Å². The standard InChI is InChI=1S/C43H49N9O13/c44-52-34-16-14-29(23-46-34)38(58)49-33(21-36(55)56)40(60)47-22-24-8-12-27(13-9-24)37(57)48-32(20-25-10-11-26-5-1-2-6-28(26)19-25)39(59)45-18-4-3-7-30(41(61)62)50-43(65)51-31(42(63)64)15-17-35(53)54/h1-2,5-6,8-14,16,19,23,30-33H,3-4,7,15,17-18,20-22,44H2,(H,45,59)(H,46,52)(H,47,60)(H,48,57)(H,49,58)(H,53,54)(H,55,56)(H,61,62)(H,63,64)(H2,50,51,65). The Kier molecular flexibility index (Phi) is 18.7. The second-order valence-electron chi connectivity index (χ2n) is 14.6. The number of unbranched alkanes of at least 4 members (excludes halogenated alkanes) is 1. The second-order valence-corrected chi connectivity index (χ2v) is 14.6. The van der Waals surface area contributed by atoms with Gasteiger partial charge in [0, 0.05) is 37.7 Å². The number of urea groups is 1. The molecule has 0 bridgehead atoms. The maximum atomic E-state index is 13.6. The predicted octanol–water partition coefficient (Wildman–Crippen LogP) is 1.11. The van der Waals surface area contributed by atoms with Gasteiger partial charge in [0.2, 0.25) is 11.8 Å². The highest BCUT2D eigenvalue weighted by Crippen LogP contribution is 2.17. The van der Waals surface area contributed by atoms with Crippen molar-refractivity contribution in [3.63, 3.8) is 0 Å². The number of carbonyl (C=O) groups is 9. The number of benzene rings is 3. The number of aliphatic carboxylic acids is 4. The summed E-state index contributed by atoms with van der Waals surface area (Å²) in [5, 5.41) is 53.7. The van der Waals surface area contributed by atoms with Crippen LogP contribution in [-0.2, 0) is 41.7 Å². The molecule has 1 aromatic heterocycles. The lowest BCUT2D eigenvalue weighted by Gasteiger charge is -2.20. The molecule has 6 amide bonds. The fourth-order valence-electron chi connectivity index (χ4n) is 6.33. The number of amides is 6. The number of aromatic nitrogens is 1. The van der Waals surface area contributed by atoms with Gasteiger partial charge in [-0.1, -0.05) is 54.6 Å². The van der Waals surface area contributed by atoms with Crippen molar-refractivity contribution in [3.8, 4) is 0 Å². The van der Waals surface area contributed by atoms with Crippen molar-refractivity contribution in [3.05, 3.63) is 107 Å². The third-order valence-electron chi connectivity index (χ3n) is 9.81. The first-order valence-electron chi connectivity index (χ1n) is 20.2. The van der Waals surface area contributed by atoms with Gasteiger partial charge in [0.1, 0.15) is 30.0 Å². The van der Waals surface area contributed by atoms with E-state index in [9.17, 15) is 58.5 Å². The van der Waals surface area contributed by atoms with Gasteiger partial charge in [0.05, 0.1) is 12.0 Å². The van der Waals surface area contributed by atoms with Crippen molar-refractivity contribution < 1.29 is 63.6 Å². The molecular formula is C43H49N9O13. The zero-order valence-corrected chi connectivity index (χ0v) is 34.7. The van der Waals surface area contributed by atoms with Crippen LogP contribution in [0.1, 0.15) is 70.4 Å². The van der Waals surface area contributed by atoms with Crippen molar-refractivity contribution in [1.29, 1.82) is 0 Å². The van der Waals surface area contributed by atoms with Crippen LogP contribution in [0.3, 0.4) is 0 Å². The zero-order chi connectivity index (χ0) is 47.5. The van der Waals surface area contributed by atoms with Crippen LogP contribution in [0.25, 0.3) is 10.8 Å². The minimum Gasteiger partial charge on any atom is -0.481 e. The largest absolute Gasteiger partial charge is 0.481 e. The molecule has 65 heavy (non-hydrogen) atoms. The Morgan fingerprint density at radius 1 is 0.585 bits per heavy atom. The summed E-state index contributed by atoms with van der Waals surface area (Å²) in [5.41, 5.74) is 3.81. The summed E-state index contributed by atoms with van der Waals surface area (Å²) in [6.07, 6.45) is -0.0106. The van der Waals surface area contributed by atoms with Crippen molar-refractivity contribution >= 4 is 70.1 Å². The Labute approximate surface area is 370 Å². The molecule has 4 unspecified atom stereocenters. The Balaban J connectivity index is 1.35. The first-order valence-corrected chi connectivity index (χ1v) is 20.2. The molecule has 4 rings (SSSR count). The summed E-state index contributed by atoms with van der Waals surface area (Å²) in [4.78, 5) is 115. The number of nitrogens with one attached hydrogen (secondary N) is 7. The van der Waals surface area contributed by atoms with E-state index in [0.29, 0.717) is 5.56 Å². The molecule has 3 aromatic carbocycles. The number of hydrogen-bond acceptors (Lipinski definition) is 12. The van der Waals surface area contributed by atoms with Crippen LogP contribution in [0.15, 0.2) is 85.1 Å².